The van der Waals surface area contributed by atoms with Crippen molar-refractivity contribution in [2.45, 2.75) is 32.1 Å². The lowest BCUT2D eigenvalue weighted by molar-refractivity contribution is -0.132. The van der Waals surface area contributed by atoms with Crippen LogP contribution in [0, 0.1) is 0 Å². The first kappa shape index (κ1) is 15.3. The van der Waals surface area contributed by atoms with Gasteiger partial charge in [0.05, 0.1) is 19.7 Å². The zero-order valence-electron chi connectivity index (χ0n) is 10.7. The minimum Gasteiger partial charge on any atom is -0.395 e. The summed E-state index contributed by atoms with van der Waals surface area (Å²) in [6.07, 6.45) is 1.75. The van der Waals surface area contributed by atoms with Crippen LogP contribution >= 0.6 is 0 Å². The summed E-state index contributed by atoms with van der Waals surface area (Å²) in [6.45, 7) is 0.871. The molecule has 1 rings (SSSR count). The topological polar surface area (TPSA) is 43.8 Å². The van der Waals surface area contributed by atoms with Crippen LogP contribution < -0.4 is 0 Å². The number of carbonyl (C=O) groups excluding carboxylic acids is 1. The minimum atomic E-state index is -2.48. The molecule has 1 aliphatic rings. The molecule has 1 fully saturated rings. The van der Waals surface area contributed by atoms with Crippen LogP contribution in [0.1, 0.15) is 25.7 Å². The monoisotopic (exact) mass is 264 g/mol. The first-order valence-electron chi connectivity index (χ1n) is 6.52. The van der Waals surface area contributed by atoms with Gasteiger partial charge < -0.3 is 10.0 Å². The second-order valence-corrected chi connectivity index (χ2v) is 4.64. The van der Waals surface area contributed by atoms with Crippen molar-refractivity contribution in [3.63, 3.8) is 0 Å². The van der Waals surface area contributed by atoms with Gasteiger partial charge >= 0.3 is 0 Å². The molecule has 18 heavy (non-hydrogen) atoms. The minimum absolute atomic E-state index is 0.0229. The van der Waals surface area contributed by atoms with Gasteiger partial charge in [-0.15, -0.1) is 0 Å². The smallest absolute Gasteiger partial charge is 0.251 e. The second-order valence-electron chi connectivity index (χ2n) is 4.64. The number of aliphatic hydroxyl groups is 1. The number of hydrogen-bond donors (Lipinski definition) is 1. The van der Waals surface area contributed by atoms with E-state index in [1.807, 2.05) is 0 Å². The Hall–Kier alpha value is -0.750. The van der Waals surface area contributed by atoms with Gasteiger partial charge in [-0.3, -0.25) is 9.69 Å². The summed E-state index contributed by atoms with van der Waals surface area (Å²) in [5, 5.41) is 8.81. The normalized spacial score (nSPS) is 17.3. The lowest BCUT2D eigenvalue weighted by Crippen LogP contribution is -2.43. The van der Waals surface area contributed by atoms with E-state index in [0.717, 1.165) is 38.8 Å². The zero-order chi connectivity index (χ0) is 13.4. The fourth-order valence-corrected chi connectivity index (χ4v) is 2.18. The van der Waals surface area contributed by atoms with Gasteiger partial charge in [-0.1, -0.05) is 12.8 Å². The highest BCUT2D eigenvalue weighted by Crippen LogP contribution is 2.10. The SMILES string of the molecule is O=C(CN(CCO)CC(F)F)N1CCCCCC1. The molecule has 6 heteroatoms. The van der Waals surface area contributed by atoms with Crippen molar-refractivity contribution in [2.75, 3.05) is 39.3 Å². The third kappa shape index (κ3) is 5.73. The molecule has 0 unspecified atom stereocenters. The van der Waals surface area contributed by atoms with Gasteiger partial charge in [-0.2, -0.15) is 0 Å². The average molecular weight is 264 g/mol. The Morgan fingerprint density at radius 1 is 1.22 bits per heavy atom. The molecule has 0 aromatic heterocycles. The standard InChI is InChI=1S/C12H22F2N2O2/c13-11(14)9-15(7-8-17)10-12(18)16-5-3-1-2-4-6-16/h11,17H,1-10H2. The molecule has 0 aliphatic carbocycles. The van der Waals surface area contributed by atoms with Crippen molar-refractivity contribution in [2.24, 2.45) is 0 Å². The molecule has 0 aromatic rings. The van der Waals surface area contributed by atoms with Crippen molar-refractivity contribution < 1.29 is 18.7 Å². The fraction of sp³-hybridized carbons (Fsp3) is 0.917. The van der Waals surface area contributed by atoms with Crippen LogP contribution in [0.15, 0.2) is 0 Å². The third-order valence-corrected chi connectivity index (χ3v) is 3.13. The molecule has 0 aromatic carbocycles. The van der Waals surface area contributed by atoms with E-state index < -0.39 is 13.0 Å². The van der Waals surface area contributed by atoms with E-state index >= 15 is 0 Å². The highest BCUT2D eigenvalue weighted by Gasteiger charge is 2.20. The molecule has 1 aliphatic heterocycles. The lowest BCUT2D eigenvalue weighted by Gasteiger charge is -2.25. The summed E-state index contributed by atoms with van der Waals surface area (Å²) < 4.78 is 24.6. The lowest BCUT2D eigenvalue weighted by atomic mass is 10.2. The van der Waals surface area contributed by atoms with E-state index in [1.54, 1.807) is 4.90 Å². The third-order valence-electron chi connectivity index (χ3n) is 3.13. The highest BCUT2D eigenvalue weighted by atomic mass is 19.3. The van der Waals surface area contributed by atoms with Gasteiger partial charge in [0.1, 0.15) is 0 Å². The van der Waals surface area contributed by atoms with Gasteiger partial charge in [0.2, 0.25) is 5.91 Å². The maximum absolute atomic E-state index is 12.3. The Kier molecular flexibility index (Phi) is 7.12. The molecule has 0 saturated carbocycles. The molecule has 0 spiro atoms. The second kappa shape index (κ2) is 8.37. The molecule has 1 saturated heterocycles. The molecule has 0 bridgehead atoms. The summed E-state index contributed by atoms with van der Waals surface area (Å²) in [5.41, 5.74) is 0. The van der Waals surface area contributed by atoms with E-state index in [2.05, 4.69) is 0 Å². The maximum Gasteiger partial charge on any atom is 0.251 e. The summed E-state index contributed by atoms with van der Waals surface area (Å²) in [5.74, 6) is -0.106. The molecule has 0 atom stereocenters. The number of alkyl halides is 2. The molecule has 1 amide bonds. The summed E-state index contributed by atoms with van der Waals surface area (Å²) >= 11 is 0. The maximum atomic E-state index is 12.3. The molecular weight excluding hydrogens is 242 g/mol. The summed E-state index contributed by atoms with van der Waals surface area (Å²) in [6, 6.07) is 0. The molecule has 1 heterocycles. The van der Waals surface area contributed by atoms with Crippen LogP contribution in [-0.2, 0) is 4.79 Å². The number of nitrogens with zero attached hydrogens (tertiary/aromatic N) is 2. The highest BCUT2D eigenvalue weighted by molar-refractivity contribution is 5.78. The quantitative estimate of drug-likeness (QED) is 0.777. The van der Waals surface area contributed by atoms with Crippen LogP contribution in [0.4, 0.5) is 8.78 Å². The van der Waals surface area contributed by atoms with Crippen LogP contribution in [-0.4, -0.2) is 66.6 Å². The van der Waals surface area contributed by atoms with Crippen molar-refractivity contribution in [3.8, 4) is 0 Å². The number of likely N-dealkylation sites (tertiary alicyclic amines) is 1. The number of carbonyl (C=O) groups is 1. The van der Waals surface area contributed by atoms with Crippen molar-refractivity contribution in [1.82, 2.24) is 9.80 Å². The Morgan fingerprint density at radius 2 is 1.83 bits per heavy atom. The number of halogens is 2. The summed E-state index contributed by atoms with van der Waals surface area (Å²) in [7, 11) is 0. The Labute approximate surface area is 107 Å². The number of rotatable bonds is 6. The number of amides is 1. The zero-order valence-corrected chi connectivity index (χ0v) is 10.7. The van der Waals surface area contributed by atoms with E-state index in [0.29, 0.717) is 0 Å². The molecule has 1 N–H and O–H groups in total. The van der Waals surface area contributed by atoms with E-state index in [1.165, 1.54) is 4.90 Å². The predicted octanol–water partition coefficient (Wildman–Crippen LogP) is 0.948. The van der Waals surface area contributed by atoms with Crippen molar-refractivity contribution in [1.29, 1.82) is 0 Å². The van der Waals surface area contributed by atoms with Gasteiger partial charge in [-0.25, -0.2) is 8.78 Å². The van der Waals surface area contributed by atoms with Gasteiger partial charge in [0.15, 0.2) is 0 Å². The fourth-order valence-electron chi connectivity index (χ4n) is 2.18. The Balaban J connectivity index is 2.42. The van der Waals surface area contributed by atoms with E-state index in [9.17, 15) is 13.6 Å². The van der Waals surface area contributed by atoms with Gasteiger partial charge in [0, 0.05) is 19.6 Å². The van der Waals surface area contributed by atoms with Crippen molar-refractivity contribution in [3.05, 3.63) is 0 Å². The van der Waals surface area contributed by atoms with Crippen LogP contribution in [0.5, 0.6) is 0 Å². The van der Waals surface area contributed by atoms with Gasteiger partial charge in [0.25, 0.3) is 6.43 Å². The Bertz CT molecular complexity index is 244. The molecule has 4 nitrogen and oxygen atoms in total. The van der Waals surface area contributed by atoms with Gasteiger partial charge in [-0.05, 0) is 12.8 Å². The predicted molar refractivity (Wildman–Crippen MR) is 64.6 cm³/mol. The average Bonchev–Trinajstić information content (AvgIpc) is 2.56. The largest absolute Gasteiger partial charge is 0.395 e. The molecule has 106 valence electrons. The van der Waals surface area contributed by atoms with Crippen LogP contribution in [0.2, 0.25) is 0 Å². The first-order chi connectivity index (χ1) is 8.63. The Morgan fingerprint density at radius 3 is 2.33 bits per heavy atom. The number of hydrogen-bond acceptors (Lipinski definition) is 3. The van der Waals surface area contributed by atoms with Crippen LogP contribution in [0.25, 0.3) is 0 Å². The van der Waals surface area contributed by atoms with E-state index in [-0.39, 0.29) is 25.6 Å². The first-order valence-corrected chi connectivity index (χ1v) is 6.52. The van der Waals surface area contributed by atoms with E-state index in [4.69, 9.17) is 5.11 Å². The van der Waals surface area contributed by atoms with Crippen LogP contribution in [0.3, 0.4) is 0 Å². The van der Waals surface area contributed by atoms with Crippen molar-refractivity contribution >= 4 is 5.91 Å². The number of aliphatic hydroxyl groups excluding tert-OH is 1. The molecular formula is C12H22F2N2O2. The molecule has 0 radical (unpaired) electrons. The summed E-state index contributed by atoms with van der Waals surface area (Å²) in [4.78, 5) is 15.0.